The molecule has 0 radical (unpaired) electrons. The third-order valence-electron chi connectivity index (χ3n) is 7.08. The maximum Gasteiger partial charge on any atom is 0.154 e. The van der Waals surface area contributed by atoms with E-state index < -0.39 is 16.9 Å². The molecule has 2 unspecified atom stereocenters. The quantitative estimate of drug-likeness (QED) is 0.636. The summed E-state index contributed by atoms with van der Waals surface area (Å²) in [6.07, 6.45) is 12.6. The summed E-state index contributed by atoms with van der Waals surface area (Å²) in [7, 11) is -2.81. The summed E-state index contributed by atoms with van der Waals surface area (Å²) < 4.78 is 20.1. The fourth-order valence-corrected chi connectivity index (χ4v) is 11.2. The Morgan fingerprint density at radius 1 is 0.875 bits per heavy atom. The highest BCUT2D eigenvalue weighted by molar-refractivity contribution is 6.81. The van der Waals surface area contributed by atoms with Gasteiger partial charge in [-0.25, -0.2) is 0 Å². The Hall–Kier alpha value is 0.314. The highest BCUT2D eigenvalue weighted by Crippen LogP contribution is 2.50. The van der Waals surface area contributed by atoms with E-state index in [0.717, 1.165) is 31.6 Å². The fraction of sp³-hybridized carbons (Fsp3) is 1.00. The lowest BCUT2D eigenvalue weighted by atomic mass is 10.2. The van der Waals surface area contributed by atoms with E-state index in [0.29, 0.717) is 0 Å². The van der Waals surface area contributed by atoms with Crippen molar-refractivity contribution in [1.82, 2.24) is 0 Å². The number of hydrogen-bond donors (Lipinski definition) is 0. The van der Waals surface area contributed by atoms with Gasteiger partial charge in [-0.2, -0.15) is 0 Å². The monoisotopic (exact) mass is 370 g/mol. The van der Waals surface area contributed by atoms with Crippen molar-refractivity contribution in [2.45, 2.75) is 107 Å². The van der Waals surface area contributed by atoms with Gasteiger partial charge in [0.1, 0.15) is 16.9 Å². The number of rotatable bonds is 5. The molecule has 0 bridgehead atoms. The molecular formula is C19H38O3Si2. The van der Waals surface area contributed by atoms with E-state index in [2.05, 4.69) is 26.2 Å². The Balaban J connectivity index is 1.90. The highest BCUT2D eigenvalue weighted by atomic mass is 28.3. The molecule has 2 saturated heterocycles. The molecule has 0 aromatic heterocycles. The van der Waals surface area contributed by atoms with Crippen LogP contribution < -0.4 is 0 Å². The minimum Gasteiger partial charge on any atom is -0.354 e. The molecule has 0 aromatic carbocycles. The van der Waals surface area contributed by atoms with Crippen molar-refractivity contribution in [3.63, 3.8) is 0 Å². The van der Waals surface area contributed by atoms with Crippen LogP contribution in [-0.2, 0) is 14.2 Å². The molecule has 3 fully saturated rings. The summed E-state index contributed by atoms with van der Waals surface area (Å²) in [5.41, 5.74) is 0.248. The second-order valence-electron chi connectivity index (χ2n) is 9.14. The molecule has 0 aromatic rings. The number of ether oxygens (including phenoxy) is 3. The topological polar surface area (TPSA) is 27.7 Å². The maximum absolute atomic E-state index is 7.13. The van der Waals surface area contributed by atoms with Crippen molar-refractivity contribution < 1.29 is 14.2 Å². The Morgan fingerprint density at radius 2 is 1.50 bits per heavy atom. The lowest BCUT2D eigenvalue weighted by Crippen LogP contribution is -2.67. The summed E-state index contributed by atoms with van der Waals surface area (Å²) in [5, 5.41) is 0. The summed E-state index contributed by atoms with van der Waals surface area (Å²) >= 11 is 0. The second kappa shape index (κ2) is 7.51. The molecule has 3 nitrogen and oxygen atoms in total. The molecule has 2 atom stereocenters. The van der Waals surface area contributed by atoms with Crippen LogP contribution in [0.25, 0.3) is 0 Å². The van der Waals surface area contributed by atoms with Crippen molar-refractivity contribution in [2.75, 3.05) is 13.2 Å². The predicted octanol–water partition coefficient (Wildman–Crippen LogP) is 5.01. The molecule has 24 heavy (non-hydrogen) atoms. The molecule has 0 spiro atoms. The molecular weight excluding hydrogens is 332 g/mol. The second-order valence-corrected chi connectivity index (χ2v) is 17.3. The van der Waals surface area contributed by atoms with Gasteiger partial charge in [0.25, 0.3) is 0 Å². The van der Waals surface area contributed by atoms with Crippen LogP contribution in [0.4, 0.5) is 0 Å². The van der Waals surface area contributed by atoms with E-state index >= 15 is 0 Å². The molecule has 140 valence electrons. The van der Waals surface area contributed by atoms with Crippen LogP contribution in [-0.4, -0.2) is 40.9 Å². The third kappa shape index (κ3) is 3.44. The van der Waals surface area contributed by atoms with Crippen LogP contribution in [0.2, 0.25) is 31.7 Å². The first-order valence-corrected chi connectivity index (χ1v) is 16.4. The minimum absolute atomic E-state index is 0.293. The summed E-state index contributed by atoms with van der Waals surface area (Å²) in [6.45, 7) is 11.6. The van der Waals surface area contributed by atoms with Crippen LogP contribution in [0.15, 0.2) is 0 Å². The SMILES string of the molecule is C[SiH](C)C1(OC2([Si](C)(C)C3CCCC3)CCCCO2)CCCCO1. The van der Waals surface area contributed by atoms with Gasteiger partial charge in [-0.1, -0.05) is 51.9 Å². The zero-order chi connectivity index (χ0) is 17.3. The first kappa shape index (κ1) is 19.1. The van der Waals surface area contributed by atoms with Gasteiger partial charge in [0.2, 0.25) is 0 Å². The average Bonchev–Trinajstić information content (AvgIpc) is 3.11. The first-order valence-electron chi connectivity index (χ1n) is 10.4. The normalized spacial score (nSPS) is 36.4. The minimum atomic E-state index is -1.70. The smallest absolute Gasteiger partial charge is 0.154 e. The van der Waals surface area contributed by atoms with Crippen LogP contribution in [0.3, 0.4) is 0 Å². The lowest BCUT2D eigenvalue weighted by Gasteiger charge is -2.55. The molecule has 2 heterocycles. The van der Waals surface area contributed by atoms with E-state index in [1.165, 1.54) is 51.4 Å². The van der Waals surface area contributed by atoms with Crippen molar-refractivity contribution in [2.24, 2.45) is 0 Å². The van der Waals surface area contributed by atoms with Gasteiger partial charge in [0.05, 0.1) is 0 Å². The Labute approximate surface area is 151 Å². The molecule has 2 aliphatic heterocycles. The van der Waals surface area contributed by atoms with Crippen molar-refractivity contribution in [1.29, 1.82) is 0 Å². The summed E-state index contributed by atoms with van der Waals surface area (Å²) in [6, 6.07) is 0. The maximum atomic E-state index is 7.13. The van der Waals surface area contributed by atoms with Gasteiger partial charge in [-0.05, 0) is 44.1 Å². The van der Waals surface area contributed by atoms with Gasteiger partial charge < -0.3 is 14.2 Å². The van der Waals surface area contributed by atoms with Crippen LogP contribution in [0, 0.1) is 0 Å². The van der Waals surface area contributed by atoms with E-state index in [4.69, 9.17) is 14.2 Å². The van der Waals surface area contributed by atoms with Crippen LogP contribution >= 0.6 is 0 Å². The highest BCUT2D eigenvalue weighted by Gasteiger charge is 2.58. The van der Waals surface area contributed by atoms with Gasteiger partial charge in [0.15, 0.2) is 10.8 Å². The Kier molecular flexibility index (Phi) is 5.97. The Morgan fingerprint density at radius 3 is 2.00 bits per heavy atom. The fourth-order valence-electron chi connectivity index (χ4n) is 5.17. The van der Waals surface area contributed by atoms with Crippen molar-refractivity contribution in [3.8, 4) is 0 Å². The molecule has 3 aliphatic rings. The molecule has 5 heteroatoms. The standard InChI is InChI=1S/C19H38O3Si2/c1-23(2)18(13-7-9-15-20-18)22-19(14-8-10-16-21-19)24(3,4)17-11-5-6-12-17/h17,23H,5-16H2,1-4H3. The predicted molar refractivity (Wildman–Crippen MR) is 105 cm³/mol. The van der Waals surface area contributed by atoms with Crippen molar-refractivity contribution in [3.05, 3.63) is 0 Å². The lowest BCUT2D eigenvalue weighted by molar-refractivity contribution is -0.317. The zero-order valence-corrected chi connectivity index (χ0v) is 18.5. The molecule has 0 N–H and O–H groups in total. The van der Waals surface area contributed by atoms with Crippen LogP contribution in [0.1, 0.15) is 64.2 Å². The summed E-state index contributed by atoms with van der Waals surface area (Å²) in [5.74, 6) is 0. The van der Waals surface area contributed by atoms with Gasteiger partial charge in [0, 0.05) is 13.2 Å². The Bertz CT molecular complexity index is 407. The number of hydrogen-bond acceptors (Lipinski definition) is 3. The van der Waals surface area contributed by atoms with Crippen molar-refractivity contribution >= 4 is 16.9 Å². The van der Waals surface area contributed by atoms with Crippen LogP contribution in [0.5, 0.6) is 0 Å². The van der Waals surface area contributed by atoms with E-state index in [1.807, 2.05) is 0 Å². The molecule has 1 aliphatic carbocycles. The third-order valence-corrected chi connectivity index (χ3v) is 14.5. The zero-order valence-electron chi connectivity index (χ0n) is 16.4. The molecule has 1 saturated carbocycles. The van der Waals surface area contributed by atoms with Gasteiger partial charge in [-0.15, -0.1) is 0 Å². The van der Waals surface area contributed by atoms with E-state index in [1.54, 1.807) is 0 Å². The van der Waals surface area contributed by atoms with E-state index in [9.17, 15) is 0 Å². The van der Waals surface area contributed by atoms with E-state index in [-0.39, 0.29) is 10.8 Å². The van der Waals surface area contributed by atoms with Gasteiger partial charge >= 0.3 is 0 Å². The largest absolute Gasteiger partial charge is 0.354 e. The van der Waals surface area contributed by atoms with Gasteiger partial charge in [-0.3, -0.25) is 0 Å². The first-order chi connectivity index (χ1) is 11.4. The average molecular weight is 371 g/mol. The molecule has 0 amide bonds. The molecule has 3 rings (SSSR count). The summed E-state index contributed by atoms with van der Waals surface area (Å²) in [4.78, 5) is 0.